The molecule has 1 aromatic carbocycles. The van der Waals surface area contributed by atoms with Crippen molar-refractivity contribution in [1.82, 2.24) is 4.90 Å². The van der Waals surface area contributed by atoms with Crippen LogP contribution in [0.1, 0.15) is 31.7 Å². The zero-order chi connectivity index (χ0) is 15.6. The number of hydrogen-bond donors (Lipinski definition) is 1. The summed E-state index contributed by atoms with van der Waals surface area (Å²) in [5.74, 6) is 0.234. The summed E-state index contributed by atoms with van der Waals surface area (Å²) in [7, 11) is 0. The van der Waals surface area contributed by atoms with Gasteiger partial charge in [-0.05, 0) is 24.8 Å². The van der Waals surface area contributed by atoms with E-state index in [1.165, 1.54) is 5.56 Å². The van der Waals surface area contributed by atoms with Gasteiger partial charge in [-0.25, -0.2) is 0 Å². The van der Waals surface area contributed by atoms with Crippen molar-refractivity contribution in [3.8, 4) is 0 Å². The molecule has 0 spiro atoms. The molecule has 2 aliphatic rings. The number of likely N-dealkylation sites (tertiary alicyclic amines) is 1. The number of amides is 1. The maximum atomic E-state index is 13.1. The van der Waals surface area contributed by atoms with Crippen molar-refractivity contribution >= 4 is 5.91 Å². The van der Waals surface area contributed by atoms with Gasteiger partial charge < -0.3 is 15.4 Å². The summed E-state index contributed by atoms with van der Waals surface area (Å²) >= 11 is 0. The van der Waals surface area contributed by atoms with Gasteiger partial charge in [0.15, 0.2) is 0 Å². The number of hydrogen-bond acceptors (Lipinski definition) is 3. The molecule has 1 unspecified atom stereocenters. The van der Waals surface area contributed by atoms with E-state index in [0.29, 0.717) is 19.8 Å². The van der Waals surface area contributed by atoms with Crippen LogP contribution in [-0.4, -0.2) is 43.7 Å². The van der Waals surface area contributed by atoms with E-state index in [1.807, 2.05) is 11.0 Å². The molecule has 2 N–H and O–H groups in total. The summed E-state index contributed by atoms with van der Waals surface area (Å²) in [6, 6.07) is 10.5. The van der Waals surface area contributed by atoms with E-state index < -0.39 is 5.41 Å². The van der Waals surface area contributed by atoms with Gasteiger partial charge in [0.1, 0.15) is 0 Å². The van der Waals surface area contributed by atoms with E-state index in [1.54, 1.807) is 0 Å². The standard InChI is InChI=1S/C18H26N2O2/c1-17(15-5-3-2-4-6-15)7-10-20(14-17)16(21)18(13-19)8-11-22-12-9-18/h2-6H,7-14,19H2,1H3. The number of carbonyl (C=O) groups excluding carboxylic acids is 1. The molecule has 0 aromatic heterocycles. The zero-order valence-electron chi connectivity index (χ0n) is 13.4. The molecule has 4 heteroatoms. The lowest BCUT2D eigenvalue weighted by Crippen LogP contribution is -2.50. The van der Waals surface area contributed by atoms with E-state index in [0.717, 1.165) is 32.4 Å². The molecule has 2 fully saturated rings. The topological polar surface area (TPSA) is 55.6 Å². The fourth-order valence-corrected chi connectivity index (χ4v) is 3.81. The van der Waals surface area contributed by atoms with Crippen LogP contribution in [-0.2, 0) is 14.9 Å². The molecule has 0 radical (unpaired) electrons. The monoisotopic (exact) mass is 302 g/mol. The highest BCUT2D eigenvalue weighted by molar-refractivity contribution is 5.83. The number of carbonyl (C=O) groups is 1. The molecule has 0 aliphatic carbocycles. The lowest BCUT2D eigenvalue weighted by atomic mass is 9.78. The molecule has 22 heavy (non-hydrogen) atoms. The highest BCUT2D eigenvalue weighted by Crippen LogP contribution is 2.38. The van der Waals surface area contributed by atoms with Crippen LogP contribution in [0.25, 0.3) is 0 Å². The minimum atomic E-state index is -0.403. The van der Waals surface area contributed by atoms with Crippen molar-refractivity contribution in [2.45, 2.75) is 31.6 Å². The van der Waals surface area contributed by atoms with Crippen LogP contribution in [0.2, 0.25) is 0 Å². The average Bonchev–Trinajstić information content (AvgIpc) is 2.99. The van der Waals surface area contributed by atoms with Gasteiger partial charge in [-0.15, -0.1) is 0 Å². The first kappa shape index (κ1) is 15.5. The zero-order valence-corrected chi connectivity index (χ0v) is 13.4. The van der Waals surface area contributed by atoms with Crippen molar-refractivity contribution in [1.29, 1.82) is 0 Å². The van der Waals surface area contributed by atoms with Gasteiger partial charge in [0.05, 0.1) is 5.41 Å². The Morgan fingerprint density at radius 3 is 2.55 bits per heavy atom. The Balaban J connectivity index is 1.76. The van der Waals surface area contributed by atoms with Crippen LogP contribution in [0.5, 0.6) is 0 Å². The summed E-state index contributed by atoms with van der Waals surface area (Å²) in [4.78, 5) is 15.1. The van der Waals surface area contributed by atoms with Crippen molar-refractivity contribution in [2.24, 2.45) is 11.1 Å². The molecule has 1 amide bonds. The second-order valence-electron chi connectivity index (χ2n) is 7.00. The van der Waals surface area contributed by atoms with Gasteiger partial charge in [0.2, 0.25) is 5.91 Å². The van der Waals surface area contributed by atoms with Gasteiger partial charge in [0, 0.05) is 38.3 Å². The van der Waals surface area contributed by atoms with Crippen molar-refractivity contribution in [2.75, 3.05) is 32.8 Å². The molecule has 2 aliphatic heterocycles. The Kier molecular flexibility index (Phi) is 4.24. The van der Waals surface area contributed by atoms with Crippen LogP contribution < -0.4 is 5.73 Å². The molecule has 4 nitrogen and oxygen atoms in total. The Hall–Kier alpha value is -1.39. The Morgan fingerprint density at radius 2 is 1.91 bits per heavy atom. The minimum absolute atomic E-state index is 0.0534. The average molecular weight is 302 g/mol. The third-order valence-corrected chi connectivity index (χ3v) is 5.53. The van der Waals surface area contributed by atoms with Gasteiger partial charge in [0.25, 0.3) is 0 Å². The van der Waals surface area contributed by atoms with Gasteiger partial charge >= 0.3 is 0 Å². The largest absolute Gasteiger partial charge is 0.381 e. The van der Waals surface area contributed by atoms with Crippen LogP contribution in [0.15, 0.2) is 30.3 Å². The lowest BCUT2D eigenvalue weighted by Gasteiger charge is -2.38. The first-order chi connectivity index (χ1) is 10.6. The molecule has 2 heterocycles. The smallest absolute Gasteiger partial charge is 0.230 e. The molecular formula is C18H26N2O2. The number of nitrogens with two attached hydrogens (primary N) is 1. The maximum absolute atomic E-state index is 13.1. The molecule has 1 atom stereocenters. The Bertz CT molecular complexity index is 525. The van der Waals surface area contributed by atoms with Crippen molar-refractivity contribution in [3.05, 3.63) is 35.9 Å². The van der Waals surface area contributed by atoms with Crippen molar-refractivity contribution in [3.63, 3.8) is 0 Å². The molecule has 120 valence electrons. The number of ether oxygens (including phenoxy) is 1. The summed E-state index contributed by atoms with van der Waals surface area (Å²) in [5, 5.41) is 0. The van der Waals surface area contributed by atoms with E-state index >= 15 is 0 Å². The first-order valence-electron chi connectivity index (χ1n) is 8.22. The highest BCUT2D eigenvalue weighted by Gasteiger charge is 2.45. The van der Waals surface area contributed by atoms with Gasteiger partial charge in [-0.3, -0.25) is 4.79 Å². The second-order valence-corrected chi connectivity index (χ2v) is 7.00. The Morgan fingerprint density at radius 1 is 1.23 bits per heavy atom. The fraction of sp³-hybridized carbons (Fsp3) is 0.611. The molecule has 1 aromatic rings. The fourth-order valence-electron chi connectivity index (χ4n) is 3.81. The van der Waals surface area contributed by atoms with E-state index in [-0.39, 0.29) is 11.3 Å². The highest BCUT2D eigenvalue weighted by atomic mass is 16.5. The third kappa shape index (κ3) is 2.66. The van der Waals surface area contributed by atoms with Crippen LogP contribution in [0.3, 0.4) is 0 Å². The van der Waals surface area contributed by atoms with E-state index in [4.69, 9.17) is 10.5 Å². The van der Waals surface area contributed by atoms with Crippen molar-refractivity contribution < 1.29 is 9.53 Å². The predicted octanol–water partition coefficient (Wildman–Crippen LogP) is 1.93. The number of benzene rings is 1. The quantitative estimate of drug-likeness (QED) is 0.928. The summed E-state index contributed by atoms with van der Waals surface area (Å²) < 4.78 is 5.42. The maximum Gasteiger partial charge on any atom is 0.230 e. The molecular weight excluding hydrogens is 276 g/mol. The van der Waals surface area contributed by atoms with Crippen LogP contribution in [0.4, 0.5) is 0 Å². The Labute approximate surface area is 132 Å². The molecule has 0 bridgehead atoms. The minimum Gasteiger partial charge on any atom is -0.381 e. The predicted molar refractivity (Wildman–Crippen MR) is 86.5 cm³/mol. The van der Waals surface area contributed by atoms with Gasteiger partial charge in [-0.1, -0.05) is 37.3 Å². The summed E-state index contributed by atoms with van der Waals surface area (Å²) in [5.41, 5.74) is 6.95. The SMILES string of the molecule is CC1(c2ccccc2)CCN(C(=O)C2(CN)CCOCC2)C1. The van der Waals surface area contributed by atoms with Crippen LogP contribution in [0, 0.1) is 5.41 Å². The van der Waals surface area contributed by atoms with E-state index in [9.17, 15) is 4.79 Å². The lowest BCUT2D eigenvalue weighted by molar-refractivity contribution is -0.146. The molecule has 2 saturated heterocycles. The number of rotatable bonds is 3. The molecule has 3 rings (SSSR count). The number of nitrogens with zero attached hydrogens (tertiary/aromatic N) is 1. The summed E-state index contributed by atoms with van der Waals surface area (Å²) in [6.45, 7) is 5.59. The molecule has 0 saturated carbocycles. The van der Waals surface area contributed by atoms with Gasteiger partial charge in [-0.2, -0.15) is 0 Å². The summed E-state index contributed by atoms with van der Waals surface area (Å²) in [6.07, 6.45) is 2.52. The normalized spacial score (nSPS) is 27.8. The third-order valence-electron chi connectivity index (χ3n) is 5.53. The van der Waals surface area contributed by atoms with Crippen LogP contribution >= 0.6 is 0 Å². The van der Waals surface area contributed by atoms with E-state index in [2.05, 4.69) is 31.2 Å². The second kappa shape index (κ2) is 6.01. The first-order valence-corrected chi connectivity index (χ1v) is 8.22.